The zero-order chi connectivity index (χ0) is 50.0. The molecule has 0 aliphatic rings. The molecule has 0 aliphatic carbocycles. The summed E-state index contributed by atoms with van der Waals surface area (Å²) in [4.78, 5) is 55.8. The lowest BCUT2D eigenvalue weighted by molar-refractivity contribution is 0.0427. The third-order valence-corrected chi connectivity index (χ3v) is 8.14. The third-order valence-electron chi connectivity index (χ3n) is 8.14. The highest BCUT2D eigenvalue weighted by atomic mass is 16.5. The van der Waals surface area contributed by atoms with Crippen molar-refractivity contribution in [1.29, 1.82) is 0 Å². The largest absolute Gasteiger partial charge is 0.507 e. The van der Waals surface area contributed by atoms with E-state index in [0.29, 0.717) is 36.3 Å². The highest BCUT2D eigenvalue weighted by Crippen LogP contribution is 2.26. The van der Waals surface area contributed by atoms with E-state index in [0.717, 1.165) is 12.8 Å². The van der Waals surface area contributed by atoms with E-state index in [-0.39, 0.29) is 91.0 Å². The number of aromatic hydroxyl groups is 4. The van der Waals surface area contributed by atoms with E-state index in [9.17, 15) is 39.3 Å². The number of amides is 1. The van der Waals surface area contributed by atoms with Crippen LogP contribution in [0.15, 0.2) is 115 Å². The summed E-state index contributed by atoms with van der Waals surface area (Å²) in [6.45, 7) is 2.50. The quantitative estimate of drug-likeness (QED) is 0.0252. The summed E-state index contributed by atoms with van der Waals surface area (Å²) in [7, 11) is 1.40. The fraction of sp³-hybridized carbons (Fsp3) is 0.271. The number of methoxy groups -OCH3 is 1. The second-order valence-electron chi connectivity index (χ2n) is 13.2. The normalized spacial score (nSPS) is 9.69. The molecular formula is C48H58N2O17. The van der Waals surface area contributed by atoms with Crippen molar-refractivity contribution in [3.63, 3.8) is 0 Å². The molecule has 19 nitrogen and oxygen atoms in total. The van der Waals surface area contributed by atoms with Crippen LogP contribution in [-0.4, -0.2) is 119 Å². The number of ether oxygens (including phenoxy) is 5. The van der Waals surface area contributed by atoms with Gasteiger partial charge in [0.25, 0.3) is 5.91 Å². The maximum absolute atomic E-state index is 11.5. The Morgan fingerprint density at radius 2 is 0.881 bits per heavy atom. The van der Waals surface area contributed by atoms with Gasteiger partial charge in [-0.1, -0.05) is 61.9 Å². The fourth-order valence-electron chi connectivity index (χ4n) is 4.68. The Hall–Kier alpha value is -7.87. The van der Waals surface area contributed by atoms with Crippen molar-refractivity contribution >= 4 is 35.5 Å². The number of esters is 4. The highest BCUT2D eigenvalue weighted by Gasteiger charge is 2.13. The molecule has 362 valence electrons. The first-order valence-electron chi connectivity index (χ1n) is 20.5. The zero-order valence-corrected chi connectivity index (χ0v) is 37.1. The number of phenolic OH excluding ortho intramolecular Hbond substituents is 3. The van der Waals surface area contributed by atoms with Gasteiger partial charge >= 0.3 is 23.9 Å². The van der Waals surface area contributed by atoms with Gasteiger partial charge in [-0.05, 0) is 73.2 Å². The summed E-state index contributed by atoms with van der Waals surface area (Å²) in [6, 6.07) is 29.5. The van der Waals surface area contributed by atoms with Crippen molar-refractivity contribution in [2.45, 2.75) is 32.6 Å². The fourth-order valence-corrected chi connectivity index (χ4v) is 4.68. The summed E-state index contributed by atoms with van der Waals surface area (Å²) in [5.74, 6) is -2.77. The van der Waals surface area contributed by atoms with Gasteiger partial charge in [0, 0.05) is 31.7 Å². The number of hydrogen-bond donors (Lipinski definition) is 9. The third kappa shape index (κ3) is 22.5. The molecule has 19 heteroatoms. The minimum Gasteiger partial charge on any atom is -0.507 e. The predicted octanol–water partition coefficient (Wildman–Crippen LogP) is 5.13. The Balaban J connectivity index is 0.000000421. The van der Waals surface area contributed by atoms with E-state index in [2.05, 4.69) is 4.74 Å². The maximum atomic E-state index is 11.5. The van der Waals surface area contributed by atoms with E-state index in [1.165, 1.54) is 61.7 Å². The van der Waals surface area contributed by atoms with Crippen molar-refractivity contribution < 1.29 is 83.4 Å². The molecule has 0 bridgehead atoms. The SMILES string of the molecule is CCCCOC(=O)c1ccccc1N.COc1cc(C(=O)OCCCO)ccc1O.NC(=O)c1ccccc1O.O=C(OCCCO)c1ccccc1O.O=C(OCCO)c1ccccc1O. The number of hydrogen-bond acceptors (Lipinski definition) is 18. The smallest absolute Gasteiger partial charge is 0.341 e. The Morgan fingerprint density at radius 1 is 0.478 bits per heavy atom. The molecular weight excluding hydrogens is 877 g/mol. The van der Waals surface area contributed by atoms with Crippen LogP contribution in [0.2, 0.25) is 0 Å². The van der Waals surface area contributed by atoms with Crippen LogP contribution < -0.4 is 16.2 Å². The van der Waals surface area contributed by atoms with Crippen LogP contribution in [0.5, 0.6) is 28.7 Å². The van der Waals surface area contributed by atoms with Gasteiger partial charge in [0.05, 0.1) is 50.2 Å². The molecule has 0 radical (unpaired) electrons. The first kappa shape index (κ1) is 57.1. The van der Waals surface area contributed by atoms with E-state index < -0.39 is 23.8 Å². The van der Waals surface area contributed by atoms with Crippen molar-refractivity contribution in [2.24, 2.45) is 5.73 Å². The molecule has 0 saturated carbocycles. The van der Waals surface area contributed by atoms with Gasteiger partial charge in [-0.2, -0.15) is 0 Å². The molecule has 0 unspecified atom stereocenters. The Labute approximate surface area is 387 Å². The van der Waals surface area contributed by atoms with Crippen LogP contribution in [0.1, 0.15) is 84.4 Å². The van der Waals surface area contributed by atoms with Gasteiger partial charge in [0.15, 0.2) is 11.5 Å². The molecule has 0 aliphatic heterocycles. The molecule has 5 rings (SSSR count). The molecule has 67 heavy (non-hydrogen) atoms. The molecule has 11 N–H and O–H groups in total. The summed E-state index contributed by atoms with van der Waals surface area (Å²) in [5, 5.41) is 62.2. The number of anilines is 1. The van der Waals surface area contributed by atoms with Gasteiger partial charge < -0.3 is 70.9 Å². The predicted molar refractivity (Wildman–Crippen MR) is 245 cm³/mol. The minimum absolute atomic E-state index is 0.0198. The van der Waals surface area contributed by atoms with E-state index in [1.807, 2.05) is 6.92 Å². The summed E-state index contributed by atoms with van der Waals surface area (Å²) in [5.41, 5.74) is 12.2. The Bertz CT molecular complexity index is 2200. The van der Waals surface area contributed by atoms with Gasteiger partial charge in [-0.3, -0.25) is 4.79 Å². The Kier molecular flexibility index (Phi) is 28.7. The first-order chi connectivity index (χ1) is 32.2. The second kappa shape index (κ2) is 33.6. The average Bonchev–Trinajstić information content (AvgIpc) is 3.32. The number of aliphatic hydroxyl groups excluding tert-OH is 3. The van der Waals surface area contributed by atoms with Crippen molar-refractivity contribution in [2.75, 3.05) is 59.1 Å². The van der Waals surface area contributed by atoms with Crippen LogP contribution in [-0.2, 0) is 18.9 Å². The van der Waals surface area contributed by atoms with Gasteiger partial charge in [-0.15, -0.1) is 0 Å². The number of primary amides is 1. The minimum atomic E-state index is -0.632. The number of unbranched alkanes of at least 4 members (excludes halogenated alkanes) is 1. The first-order valence-corrected chi connectivity index (χ1v) is 20.5. The lowest BCUT2D eigenvalue weighted by atomic mass is 10.2. The van der Waals surface area contributed by atoms with Crippen molar-refractivity contribution in [3.05, 3.63) is 143 Å². The number of para-hydroxylation sites is 4. The van der Waals surface area contributed by atoms with Gasteiger partial charge in [-0.25, -0.2) is 19.2 Å². The summed E-state index contributed by atoms with van der Waals surface area (Å²) >= 11 is 0. The van der Waals surface area contributed by atoms with Crippen LogP contribution in [0.3, 0.4) is 0 Å². The number of aliphatic hydroxyl groups is 3. The zero-order valence-electron chi connectivity index (χ0n) is 37.1. The second-order valence-corrected chi connectivity index (χ2v) is 13.2. The average molecular weight is 935 g/mol. The molecule has 0 atom stereocenters. The molecule has 0 saturated heterocycles. The van der Waals surface area contributed by atoms with Crippen molar-refractivity contribution in [1.82, 2.24) is 0 Å². The van der Waals surface area contributed by atoms with Crippen molar-refractivity contribution in [3.8, 4) is 28.7 Å². The number of phenols is 4. The topological polar surface area (TPSA) is 325 Å². The van der Waals surface area contributed by atoms with Gasteiger partial charge in [0.1, 0.15) is 35.0 Å². The molecule has 5 aromatic rings. The molecule has 0 fully saturated rings. The Morgan fingerprint density at radius 3 is 1.28 bits per heavy atom. The van der Waals surface area contributed by atoms with Crippen LogP contribution >= 0.6 is 0 Å². The summed E-state index contributed by atoms with van der Waals surface area (Å²) in [6.07, 6.45) is 2.70. The van der Waals surface area contributed by atoms with E-state index in [4.69, 9.17) is 50.8 Å². The van der Waals surface area contributed by atoms with Crippen LogP contribution in [0, 0.1) is 0 Å². The number of carbonyl (C=O) groups excluding carboxylic acids is 5. The number of benzene rings is 5. The monoisotopic (exact) mass is 934 g/mol. The van der Waals surface area contributed by atoms with Crippen LogP contribution in [0.25, 0.3) is 0 Å². The maximum Gasteiger partial charge on any atom is 0.341 e. The standard InChI is InChI=1S/C11H15NO2.C11H14O5.C10H12O4.C9H10O4.C7H7NO2/c1-2-3-8-14-11(13)9-6-4-5-7-10(9)12;1-15-10-7-8(3-4-9(10)13)11(14)16-6-2-5-12;11-6-3-7-14-10(13)8-4-1-2-5-9(8)12;10-5-6-13-9(12)7-3-1-2-4-8(7)11;8-7(10)5-3-1-2-4-6(5)9/h4-7H,2-3,8,12H2,1H3;3-4,7,12-13H,2,5-6H2,1H3;1-2,4-5,11-12H,3,6-7H2;1-4,10-11H,5-6H2;1-4,9H,(H2,8,10). The number of nitrogen functional groups attached to an aromatic ring is 1. The lowest BCUT2D eigenvalue weighted by Gasteiger charge is -2.06. The number of carbonyl (C=O) groups is 5. The highest BCUT2D eigenvalue weighted by molar-refractivity contribution is 5.96. The van der Waals surface area contributed by atoms with E-state index >= 15 is 0 Å². The van der Waals surface area contributed by atoms with Crippen LogP contribution in [0.4, 0.5) is 5.69 Å². The number of rotatable bonds is 17. The van der Waals surface area contributed by atoms with Gasteiger partial charge in [0.2, 0.25) is 0 Å². The van der Waals surface area contributed by atoms with E-state index in [1.54, 1.807) is 60.7 Å². The molecule has 0 heterocycles. The molecule has 0 aromatic heterocycles. The molecule has 0 spiro atoms. The molecule has 5 aromatic carbocycles. The molecule has 1 amide bonds. The number of nitrogens with two attached hydrogens (primary N) is 2. The summed E-state index contributed by atoms with van der Waals surface area (Å²) < 4.78 is 24.2. The lowest BCUT2D eigenvalue weighted by Crippen LogP contribution is -2.10.